The summed E-state index contributed by atoms with van der Waals surface area (Å²) >= 11 is 5.65. The van der Waals surface area contributed by atoms with Crippen molar-refractivity contribution in [3.63, 3.8) is 0 Å². The number of morpholine rings is 1. The maximum absolute atomic E-state index is 5.65. The van der Waals surface area contributed by atoms with Gasteiger partial charge in [-0.15, -0.1) is 0 Å². The molecule has 1 aromatic carbocycles. The molecule has 4 nitrogen and oxygen atoms in total. The van der Waals surface area contributed by atoms with Gasteiger partial charge in [-0.05, 0) is 37.5 Å². The predicted molar refractivity (Wildman–Crippen MR) is 106 cm³/mol. The third kappa shape index (κ3) is 5.94. The molecule has 0 unspecified atom stereocenters. The van der Waals surface area contributed by atoms with Crippen LogP contribution in [0.4, 0.5) is 0 Å². The van der Waals surface area contributed by atoms with Crippen molar-refractivity contribution in [3.05, 3.63) is 35.4 Å². The Morgan fingerprint density at radius 2 is 1.84 bits per heavy atom. The van der Waals surface area contributed by atoms with E-state index in [-0.39, 0.29) is 6.04 Å². The summed E-state index contributed by atoms with van der Waals surface area (Å²) in [5.74, 6) is 0. The molecule has 5 heteroatoms. The van der Waals surface area contributed by atoms with E-state index in [1.165, 1.54) is 43.2 Å². The van der Waals surface area contributed by atoms with E-state index in [9.17, 15) is 0 Å². The lowest BCUT2D eigenvalue weighted by atomic mass is 9.96. The molecule has 2 aliphatic rings. The molecule has 1 atom stereocenters. The van der Waals surface area contributed by atoms with Crippen molar-refractivity contribution in [3.8, 4) is 0 Å². The van der Waals surface area contributed by atoms with Crippen molar-refractivity contribution in [2.24, 2.45) is 0 Å². The topological polar surface area (TPSA) is 37.7 Å². The van der Waals surface area contributed by atoms with Crippen LogP contribution in [0.5, 0.6) is 0 Å². The molecule has 1 aliphatic heterocycles. The second-order valence-corrected chi connectivity index (χ2v) is 7.89. The fourth-order valence-electron chi connectivity index (χ4n) is 3.84. The lowest BCUT2D eigenvalue weighted by molar-refractivity contribution is -0.909. The van der Waals surface area contributed by atoms with E-state index in [0.717, 1.165) is 38.0 Å². The highest BCUT2D eigenvalue weighted by atomic mass is 32.1. The highest BCUT2D eigenvalue weighted by Gasteiger charge is 2.23. The minimum atomic E-state index is 0.247. The van der Waals surface area contributed by atoms with Gasteiger partial charge in [-0.25, -0.2) is 0 Å². The van der Waals surface area contributed by atoms with Gasteiger partial charge in [0.2, 0.25) is 0 Å². The summed E-state index contributed by atoms with van der Waals surface area (Å²) < 4.78 is 5.50. The lowest BCUT2D eigenvalue weighted by Gasteiger charge is -2.30. The average molecular weight is 363 g/mol. The number of hydrogen-bond donors (Lipinski definition) is 3. The van der Waals surface area contributed by atoms with Gasteiger partial charge >= 0.3 is 0 Å². The number of benzene rings is 1. The van der Waals surface area contributed by atoms with Gasteiger partial charge in [0.15, 0.2) is 5.11 Å². The zero-order valence-electron chi connectivity index (χ0n) is 15.4. The van der Waals surface area contributed by atoms with Crippen LogP contribution in [0.3, 0.4) is 0 Å². The molecule has 1 saturated heterocycles. The molecule has 138 valence electrons. The van der Waals surface area contributed by atoms with Crippen LogP contribution in [-0.4, -0.2) is 44.0 Å². The highest BCUT2D eigenvalue weighted by Crippen LogP contribution is 2.18. The van der Waals surface area contributed by atoms with Crippen LogP contribution in [0.1, 0.15) is 49.3 Å². The molecular weight excluding hydrogens is 330 g/mol. The van der Waals surface area contributed by atoms with Crippen molar-refractivity contribution in [1.29, 1.82) is 0 Å². The maximum atomic E-state index is 5.65. The molecule has 3 N–H and O–H groups in total. The van der Waals surface area contributed by atoms with Gasteiger partial charge in [0.05, 0.1) is 13.2 Å². The van der Waals surface area contributed by atoms with Crippen LogP contribution < -0.4 is 15.5 Å². The summed E-state index contributed by atoms with van der Waals surface area (Å²) in [6.07, 6.45) is 6.49. The molecule has 0 aromatic heterocycles. The largest absolute Gasteiger partial charge is 0.370 e. The molecule has 0 spiro atoms. The highest BCUT2D eigenvalue weighted by molar-refractivity contribution is 7.80. The third-order valence-corrected chi connectivity index (χ3v) is 5.65. The van der Waals surface area contributed by atoms with Gasteiger partial charge in [-0.3, -0.25) is 0 Å². The van der Waals surface area contributed by atoms with E-state index in [4.69, 9.17) is 17.0 Å². The molecule has 2 fully saturated rings. The van der Waals surface area contributed by atoms with Crippen molar-refractivity contribution in [2.45, 2.75) is 51.1 Å². The summed E-state index contributed by atoms with van der Waals surface area (Å²) in [7, 11) is 0. The summed E-state index contributed by atoms with van der Waals surface area (Å²) in [4.78, 5) is 1.59. The van der Waals surface area contributed by atoms with Gasteiger partial charge in [0.1, 0.15) is 25.7 Å². The number of ether oxygens (including phenoxy) is 1. The first kappa shape index (κ1) is 18.6. The molecule has 1 heterocycles. The normalized spacial score (nSPS) is 20.8. The quantitative estimate of drug-likeness (QED) is 0.698. The fourth-order valence-corrected chi connectivity index (χ4v) is 4.15. The Morgan fingerprint density at radius 3 is 2.52 bits per heavy atom. The van der Waals surface area contributed by atoms with E-state index in [0.29, 0.717) is 6.04 Å². The van der Waals surface area contributed by atoms with E-state index in [1.54, 1.807) is 4.90 Å². The molecule has 0 amide bonds. The molecule has 1 saturated carbocycles. The monoisotopic (exact) mass is 362 g/mol. The van der Waals surface area contributed by atoms with Gasteiger partial charge in [0.25, 0.3) is 0 Å². The molecule has 3 rings (SSSR count). The number of nitrogens with one attached hydrogen (secondary N) is 3. The van der Waals surface area contributed by atoms with Crippen LogP contribution in [0.15, 0.2) is 24.3 Å². The molecule has 0 radical (unpaired) electrons. The van der Waals surface area contributed by atoms with Crippen LogP contribution in [0.2, 0.25) is 0 Å². The van der Waals surface area contributed by atoms with Crippen molar-refractivity contribution in [1.82, 2.24) is 10.6 Å². The second kappa shape index (κ2) is 9.51. The SMILES string of the molecule is Cc1ccc([C@H](C[NH+]2CCOCC2)NC(=S)NC2CCCCC2)cc1. The molecule has 1 aromatic rings. The minimum Gasteiger partial charge on any atom is -0.370 e. The Labute approximate surface area is 157 Å². The molecular formula is C20H32N3OS+. The molecule has 0 bridgehead atoms. The standard InChI is InChI=1S/C20H31N3OS/c1-16-7-9-17(10-8-16)19(15-23-11-13-24-14-12-23)22-20(25)21-18-5-3-2-4-6-18/h7-10,18-19H,2-6,11-15H2,1H3,(H2,21,22,25)/p+1/t19-/m0/s1. The summed E-state index contributed by atoms with van der Waals surface area (Å²) in [5, 5.41) is 7.97. The van der Waals surface area contributed by atoms with Gasteiger partial charge in [0, 0.05) is 6.04 Å². The number of quaternary nitrogens is 1. The van der Waals surface area contributed by atoms with E-state index < -0.39 is 0 Å². The van der Waals surface area contributed by atoms with E-state index in [1.807, 2.05) is 0 Å². The Hall–Kier alpha value is -1.17. The zero-order valence-corrected chi connectivity index (χ0v) is 16.2. The smallest absolute Gasteiger partial charge is 0.167 e. The number of hydrogen-bond acceptors (Lipinski definition) is 2. The van der Waals surface area contributed by atoms with Gasteiger partial charge < -0.3 is 20.3 Å². The predicted octanol–water partition coefficient (Wildman–Crippen LogP) is 1.75. The molecule has 1 aliphatic carbocycles. The maximum Gasteiger partial charge on any atom is 0.167 e. The summed E-state index contributed by atoms with van der Waals surface area (Å²) in [6, 6.07) is 9.64. The Balaban J connectivity index is 1.62. The number of thiocarbonyl (C=S) groups is 1. The fraction of sp³-hybridized carbons (Fsp3) is 0.650. The Morgan fingerprint density at radius 1 is 1.16 bits per heavy atom. The van der Waals surface area contributed by atoms with Gasteiger partial charge in [-0.1, -0.05) is 49.1 Å². The Bertz CT molecular complexity index is 536. The Kier molecular flexibility index (Phi) is 7.08. The van der Waals surface area contributed by atoms with Crippen molar-refractivity contribution >= 4 is 17.3 Å². The van der Waals surface area contributed by atoms with Gasteiger partial charge in [-0.2, -0.15) is 0 Å². The van der Waals surface area contributed by atoms with Crippen LogP contribution in [0, 0.1) is 6.92 Å². The first-order chi connectivity index (χ1) is 12.2. The number of rotatable bonds is 5. The van der Waals surface area contributed by atoms with E-state index >= 15 is 0 Å². The second-order valence-electron chi connectivity index (χ2n) is 7.48. The lowest BCUT2D eigenvalue weighted by Crippen LogP contribution is -3.14. The minimum absolute atomic E-state index is 0.247. The number of aryl methyl sites for hydroxylation is 1. The van der Waals surface area contributed by atoms with Crippen molar-refractivity contribution < 1.29 is 9.64 Å². The summed E-state index contributed by atoms with van der Waals surface area (Å²) in [5.41, 5.74) is 2.61. The van der Waals surface area contributed by atoms with Crippen LogP contribution in [0.25, 0.3) is 0 Å². The van der Waals surface area contributed by atoms with E-state index in [2.05, 4.69) is 41.8 Å². The zero-order chi connectivity index (χ0) is 17.5. The average Bonchev–Trinajstić information content (AvgIpc) is 2.63. The third-order valence-electron chi connectivity index (χ3n) is 5.42. The first-order valence-electron chi connectivity index (χ1n) is 9.75. The van der Waals surface area contributed by atoms with Crippen LogP contribution >= 0.6 is 12.2 Å². The van der Waals surface area contributed by atoms with Crippen molar-refractivity contribution in [2.75, 3.05) is 32.8 Å². The first-order valence-corrected chi connectivity index (χ1v) is 10.2. The molecule has 25 heavy (non-hydrogen) atoms. The summed E-state index contributed by atoms with van der Waals surface area (Å²) in [6.45, 7) is 7.05. The van der Waals surface area contributed by atoms with Crippen LogP contribution in [-0.2, 0) is 4.74 Å².